The molecule has 0 unspecified atom stereocenters. The van der Waals surface area contributed by atoms with Crippen LogP contribution in [0.2, 0.25) is 0 Å². The third-order valence-corrected chi connectivity index (χ3v) is 3.50. The first-order chi connectivity index (χ1) is 8.66. The van der Waals surface area contributed by atoms with Gasteiger partial charge in [-0.15, -0.1) is 0 Å². The topological polar surface area (TPSA) is 32.3 Å². The molecule has 1 aliphatic heterocycles. The van der Waals surface area contributed by atoms with Gasteiger partial charge in [-0.2, -0.15) is 0 Å². The summed E-state index contributed by atoms with van der Waals surface area (Å²) >= 11 is 5.28. The maximum Gasteiger partial charge on any atom is 0.257 e. The molecule has 3 nitrogen and oxygen atoms in total. The molecule has 0 radical (unpaired) electrons. The third-order valence-electron chi connectivity index (χ3n) is 3.14. The highest BCUT2D eigenvalue weighted by Gasteiger charge is 2.15. The van der Waals surface area contributed by atoms with E-state index in [9.17, 15) is 4.79 Å². The maximum atomic E-state index is 12.0. The van der Waals surface area contributed by atoms with Gasteiger partial charge in [-0.25, -0.2) is 0 Å². The van der Waals surface area contributed by atoms with Crippen LogP contribution in [0.25, 0.3) is 0 Å². The zero-order chi connectivity index (χ0) is 13.0. The van der Waals surface area contributed by atoms with E-state index in [1.165, 1.54) is 6.42 Å². The number of carbonyl (C=O) groups excluding carboxylic acids is 1. The Morgan fingerprint density at radius 3 is 2.67 bits per heavy atom. The summed E-state index contributed by atoms with van der Waals surface area (Å²) in [6, 6.07) is 7.53. The van der Waals surface area contributed by atoms with Crippen LogP contribution in [0.1, 0.15) is 35.2 Å². The van der Waals surface area contributed by atoms with E-state index in [0.717, 1.165) is 31.5 Å². The van der Waals surface area contributed by atoms with Gasteiger partial charge in [0.2, 0.25) is 0 Å². The standard InChI is InChI=1S/C14H18N2OS/c1-11-6-5-7-12(10-11)13(17)15-14(18)16-8-3-2-4-9-16/h5-7,10H,2-4,8-9H2,1H3,(H,15,17,18). The Kier molecular flexibility index (Phi) is 4.31. The number of nitrogens with zero attached hydrogens (tertiary/aromatic N) is 1. The van der Waals surface area contributed by atoms with Crippen LogP contribution in [0.5, 0.6) is 0 Å². The van der Waals surface area contributed by atoms with Gasteiger partial charge in [0.1, 0.15) is 0 Å². The van der Waals surface area contributed by atoms with Crippen LogP contribution >= 0.6 is 12.2 Å². The third kappa shape index (κ3) is 3.29. The fourth-order valence-corrected chi connectivity index (χ4v) is 2.41. The van der Waals surface area contributed by atoms with Crippen molar-refractivity contribution >= 4 is 23.2 Å². The SMILES string of the molecule is Cc1cccc(C(=O)NC(=S)N2CCCCC2)c1. The van der Waals surface area contributed by atoms with Crippen molar-refractivity contribution in [3.8, 4) is 0 Å². The number of piperidine rings is 1. The number of benzene rings is 1. The van der Waals surface area contributed by atoms with Crippen molar-refractivity contribution in [3.05, 3.63) is 35.4 Å². The number of amides is 1. The largest absolute Gasteiger partial charge is 0.349 e. The highest BCUT2D eigenvalue weighted by atomic mass is 32.1. The molecule has 0 aromatic heterocycles. The predicted molar refractivity (Wildman–Crippen MR) is 76.7 cm³/mol. The molecule has 1 heterocycles. The molecule has 1 fully saturated rings. The van der Waals surface area contributed by atoms with Crippen LogP contribution < -0.4 is 5.32 Å². The molecule has 0 atom stereocenters. The molecule has 0 saturated carbocycles. The molecule has 1 aromatic carbocycles. The molecule has 0 bridgehead atoms. The van der Waals surface area contributed by atoms with Gasteiger partial charge < -0.3 is 4.90 Å². The number of rotatable bonds is 1. The highest BCUT2D eigenvalue weighted by molar-refractivity contribution is 7.80. The van der Waals surface area contributed by atoms with Crippen molar-refractivity contribution < 1.29 is 4.79 Å². The fourth-order valence-electron chi connectivity index (χ4n) is 2.13. The average Bonchev–Trinajstić information content (AvgIpc) is 2.39. The lowest BCUT2D eigenvalue weighted by atomic mass is 10.1. The number of aryl methyl sites for hydroxylation is 1. The molecule has 1 saturated heterocycles. The van der Waals surface area contributed by atoms with E-state index < -0.39 is 0 Å². The Bertz CT molecular complexity index is 453. The first-order valence-corrected chi connectivity index (χ1v) is 6.74. The second-order valence-corrected chi connectivity index (χ2v) is 5.06. The zero-order valence-corrected chi connectivity index (χ0v) is 11.4. The summed E-state index contributed by atoms with van der Waals surface area (Å²) in [5.74, 6) is -0.116. The molecule has 4 heteroatoms. The molecule has 0 aliphatic carbocycles. The number of thiocarbonyl (C=S) groups is 1. The molecule has 18 heavy (non-hydrogen) atoms. The van der Waals surface area contributed by atoms with Crippen molar-refractivity contribution in [1.82, 2.24) is 10.2 Å². The van der Waals surface area contributed by atoms with E-state index in [2.05, 4.69) is 10.2 Å². The summed E-state index contributed by atoms with van der Waals surface area (Å²) in [4.78, 5) is 14.1. The molecule has 1 N–H and O–H groups in total. The van der Waals surface area contributed by atoms with E-state index in [0.29, 0.717) is 10.7 Å². The molecule has 1 amide bonds. The Morgan fingerprint density at radius 2 is 2.00 bits per heavy atom. The smallest absolute Gasteiger partial charge is 0.257 e. The van der Waals surface area contributed by atoms with Crippen molar-refractivity contribution in [2.45, 2.75) is 26.2 Å². The van der Waals surface area contributed by atoms with Gasteiger partial charge in [-0.05, 0) is 50.5 Å². The van der Waals surface area contributed by atoms with E-state index in [-0.39, 0.29) is 5.91 Å². The normalized spacial score (nSPS) is 15.3. The molecule has 0 spiro atoms. The summed E-state index contributed by atoms with van der Waals surface area (Å²) in [6.07, 6.45) is 3.56. The average molecular weight is 262 g/mol. The van der Waals surface area contributed by atoms with E-state index in [1.54, 1.807) is 6.07 Å². The molecule has 1 aliphatic rings. The lowest BCUT2D eigenvalue weighted by Gasteiger charge is -2.28. The summed E-state index contributed by atoms with van der Waals surface area (Å²) in [7, 11) is 0. The monoisotopic (exact) mass is 262 g/mol. The summed E-state index contributed by atoms with van der Waals surface area (Å²) in [5, 5.41) is 3.37. The second kappa shape index (κ2) is 5.96. The number of carbonyl (C=O) groups is 1. The van der Waals surface area contributed by atoms with Crippen molar-refractivity contribution in [2.75, 3.05) is 13.1 Å². The van der Waals surface area contributed by atoms with Crippen LogP contribution in [-0.4, -0.2) is 29.0 Å². The molecular formula is C14H18N2OS. The lowest BCUT2D eigenvalue weighted by molar-refractivity contribution is 0.0972. The van der Waals surface area contributed by atoms with Gasteiger partial charge in [0.25, 0.3) is 5.91 Å². The van der Waals surface area contributed by atoms with Crippen molar-refractivity contribution in [1.29, 1.82) is 0 Å². The Hall–Kier alpha value is -1.42. The van der Waals surface area contributed by atoms with Crippen LogP contribution in [-0.2, 0) is 0 Å². The first kappa shape index (κ1) is 13.0. The van der Waals surface area contributed by atoms with Gasteiger partial charge in [0.05, 0.1) is 0 Å². The summed E-state index contributed by atoms with van der Waals surface area (Å²) in [5.41, 5.74) is 1.74. The minimum Gasteiger partial charge on any atom is -0.349 e. The van der Waals surface area contributed by atoms with Crippen LogP contribution in [0, 0.1) is 6.92 Å². The van der Waals surface area contributed by atoms with Gasteiger partial charge in [-0.3, -0.25) is 10.1 Å². The molecular weight excluding hydrogens is 244 g/mol. The molecule has 2 rings (SSSR count). The van der Waals surface area contributed by atoms with Crippen LogP contribution in [0.3, 0.4) is 0 Å². The van der Waals surface area contributed by atoms with E-state index in [1.807, 2.05) is 25.1 Å². The number of hydrogen-bond acceptors (Lipinski definition) is 2. The molecule has 96 valence electrons. The number of hydrogen-bond donors (Lipinski definition) is 1. The Balaban J connectivity index is 1.96. The fraction of sp³-hybridized carbons (Fsp3) is 0.429. The Labute approximate surface area is 113 Å². The zero-order valence-electron chi connectivity index (χ0n) is 10.6. The van der Waals surface area contributed by atoms with Gasteiger partial charge in [-0.1, -0.05) is 17.7 Å². The maximum absolute atomic E-state index is 12.0. The quantitative estimate of drug-likeness (QED) is 0.789. The summed E-state index contributed by atoms with van der Waals surface area (Å²) in [6.45, 7) is 3.87. The van der Waals surface area contributed by atoms with E-state index >= 15 is 0 Å². The van der Waals surface area contributed by atoms with Gasteiger partial charge in [0, 0.05) is 18.7 Å². The summed E-state index contributed by atoms with van der Waals surface area (Å²) < 4.78 is 0. The van der Waals surface area contributed by atoms with Crippen LogP contribution in [0.15, 0.2) is 24.3 Å². The van der Waals surface area contributed by atoms with E-state index in [4.69, 9.17) is 12.2 Å². The Morgan fingerprint density at radius 1 is 1.28 bits per heavy atom. The lowest BCUT2D eigenvalue weighted by Crippen LogP contribution is -2.44. The minimum absolute atomic E-state index is 0.116. The first-order valence-electron chi connectivity index (χ1n) is 6.34. The van der Waals surface area contributed by atoms with Crippen LogP contribution in [0.4, 0.5) is 0 Å². The second-order valence-electron chi connectivity index (χ2n) is 4.68. The predicted octanol–water partition coefficient (Wildman–Crippen LogP) is 2.50. The highest BCUT2D eigenvalue weighted by Crippen LogP contribution is 2.09. The van der Waals surface area contributed by atoms with Crippen molar-refractivity contribution in [2.24, 2.45) is 0 Å². The molecule has 1 aromatic rings. The number of likely N-dealkylation sites (tertiary alicyclic amines) is 1. The number of nitrogens with one attached hydrogen (secondary N) is 1. The van der Waals surface area contributed by atoms with Gasteiger partial charge >= 0.3 is 0 Å². The van der Waals surface area contributed by atoms with Gasteiger partial charge in [0.15, 0.2) is 5.11 Å². The minimum atomic E-state index is -0.116. The van der Waals surface area contributed by atoms with Crippen molar-refractivity contribution in [3.63, 3.8) is 0 Å².